The number of piperidine rings is 2. The van der Waals surface area contributed by atoms with E-state index in [1.165, 1.54) is 16.8 Å². The fraction of sp³-hybridized carbons (Fsp3) is 0.414. The molecule has 0 atom stereocenters. The number of benzene rings is 1. The molecule has 41 heavy (non-hydrogen) atoms. The lowest BCUT2D eigenvalue weighted by Gasteiger charge is -2.37. The van der Waals surface area contributed by atoms with Crippen molar-refractivity contribution >= 4 is 16.9 Å². The van der Waals surface area contributed by atoms with Gasteiger partial charge >= 0.3 is 11.9 Å². The van der Waals surface area contributed by atoms with E-state index in [0.717, 1.165) is 50.2 Å². The number of fused-ring (bicyclic) bond motifs is 1. The zero-order valence-corrected chi connectivity index (χ0v) is 22.4. The highest BCUT2D eigenvalue weighted by molar-refractivity contribution is 5.80. The van der Waals surface area contributed by atoms with Crippen molar-refractivity contribution < 1.29 is 18.0 Å². The molecule has 4 aromatic rings. The molecule has 0 saturated carbocycles. The highest BCUT2D eigenvalue weighted by Crippen LogP contribution is 2.34. The number of amides is 1. The number of carbonyl (C=O) groups excluding carboxylic acids is 1. The molecule has 0 N–H and O–H groups in total. The van der Waals surface area contributed by atoms with Gasteiger partial charge in [0.2, 0.25) is 5.91 Å². The lowest BCUT2D eigenvalue weighted by Crippen LogP contribution is -2.46. The molecule has 1 aromatic carbocycles. The molecule has 2 aliphatic rings. The normalized spacial score (nSPS) is 17.8. The Morgan fingerprint density at radius 1 is 0.902 bits per heavy atom. The first-order valence-electron chi connectivity index (χ1n) is 13.8. The van der Waals surface area contributed by atoms with Gasteiger partial charge in [0.15, 0.2) is 0 Å². The quantitative estimate of drug-likeness (QED) is 0.363. The summed E-state index contributed by atoms with van der Waals surface area (Å²) in [7, 11) is 0. The third kappa shape index (κ3) is 5.48. The van der Waals surface area contributed by atoms with Gasteiger partial charge in [-0.05, 0) is 80.7 Å². The smallest absolute Gasteiger partial charge is 0.342 e. The van der Waals surface area contributed by atoms with Crippen LogP contribution in [0.25, 0.3) is 16.9 Å². The maximum Gasteiger partial charge on any atom is 0.416 e. The van der Waals surface area contributed by atoms with E-state index in [2.05, 4.69) is 20.1 Å². The van der Waals surface area contributed by atoms with E-state index in [-0.39, 0.29) is 29.2 Å². The summed E-state index contributed by atoms with van der Waals surface area (Å²) in [4.78, 5) is 35.5. The second kappa shape index (κ2) is 11.1. The SMILES string of the molecule is O=C(C1CCN(Cc2ccnnc2)CC1)N1CCC(n2c(=O)n(-c3ccccn3)c3cc(C(F)(F)F)ccc32)CC1. The van der Waals surface area contributed by atoms with Crippen molar-refractivity contribution in [1.29, 1.82) is 0 Å². The van der Waals surface area contributed by atoms with Crippen LogP contribution in [0.1, 0.15) is 42.9 Å². The minimum Gasteiger partial charge on any atom is -0.342 e. The first kappa shape index (κ1) is 27.1. The molecular weight excluding hydrogens is 535 g/mol. The van der Waals surface area contributed by atoms with Crippen LogP contribution in [0.3, 0.4) is 0 Å². The first-order valence-corrected chi connectivity index (χ1v) is 13.8. The standard InChI is InChI=1S/C29H30F3N7O2/c30-29(31,32)22-4-5-24-25(17-22)39(26-3-1-2-11-33-26)28(41)38(24)23-9-15-37(16-10-23)27(40)21-7-13-36(14-8-21)19-20-6-12-34-35-18-20/h1-6,11-12,17-18,21,23H,7-10,13-16,19H2. The van der Waals surface area contributed by atoms with Gasteiger partial charge in [0.1, 0.15) is 5.82 Å². The second-order valence-electron chi connectivity index (χ2n) is 10.7. The lowest BCUT2D eigenvalue weighted by molar-refractivity contribution is -0.138. The van der Waals surface area contributed by atoms with Crippen molar-refractivity contribution in [3.8, 4) is 5.82 Å². The Morgan fingerprint density at radius 2 is 1.68 bits per heavy atom. The summed E-state index contributed by atoms with van der Waals surface area (Å²) >= 11 is 0. The van der Waals surface area contributed by atoms with Crippen molar-refractivity contribution in [3.05, 3.63) is 82.7 Å². The van der Waals surface area contributed by atoms with Gasteiger partial charge < -0.3 is 4.90 Å². The zero-order chi connectivity index (χ0) is 28.6. The van der Waals surface area contributed by atoms with Crippen LogP contribution in [0.4, 0.5) is 13.2 Å². The Hall–Kier alpha value is -4.06. The molecule has 2 aliphatic heterocycles. The molecule has 6 rings (SSSR count). The topological polar surface area (TPSA) is 89.2 Å². The largest absolute Gasteiger partial charge is 0.416 e. The highest BCUT2D eigenvalue weighted by atomic mass is 19.4. The van der Waals surface area contributed by atoms with Crippen LogP contribution in [0.15, 0.2) is 65.8 Å². The maximum atomic E-state index is 13.7. The van der Waals surface area contributed by atoms with Crippen molar-refractivity contribution in [2.24, 2.45) is 5.92 Å². The van der Waals surface area contributed by atoms with Gasteiger partial charge in [-0.3, -0.25) is 14.3 Å². The minimum atomic E-state index is -4.54. The third-order valence-electron chi connectivity index (χ3n) is 8.21. The van der Waals surface area contributed by atoms with Crippen molar-refractivity contribution in [2.45, 2.75) is 44.4 Å². The summed E-state index contributed by atoms with van der Waals surface area (Å²) in [5, 5.41) is 7.74. The molecule has 214 valence electrons. The number of nitrogens with zero attached hydrogens (tertiary/aromatic N) is 7. The molecule has 9 nitrogen and oxygen atoms in total. The molecule has 2 saturated heterocycles. The molecular formula is C29H30F3N7O2. The number of aromatic nitrogens is 5. The van der Waals surface area contributed by atoms with E-state index >= 15 is 0 Å². The van der Waals surface area contributed by atoms with E-state index < -0.39 is 17.4 Å². The second-order valence-corrected chi connectivity index (χ2v) is 10.7. The fourth-order valence-electron chi connectivity index (χ4n) is 6.07. The summed E-state index contributed by atoms with van der Waals surface area (Å²) in [6, 6.07) is 10.1. The number of likely N-dealkylation sites (tertiary alicyclic amines) is 2. The Balaban J connectivity index is 1.17. The van der Waals surface area contributed by atoms with Crippen LogP contribution in [0.5, 0.6) is 0 Å². The number of alkyl halides is 3. The van der Waals surface area contributed by atoms with Crippen LogP contribution < -0.4 is 5.69 Å². The Kier molecular flexibility index (Phi) is 7.33. The summed E-state index contributed by atoms with van der Waals surface area (Å²) in [6.07, 6.45) is 3.06. The summed E-state index contributed by atoms with van der Waals surface area (Å²) in [5.74, 6) is 0.374. The van der Waals surface area contributed by atoms with Gasteiger partial charge in [0, 0.05) is 44.0 Å². The molecule has 0 radical (unpaired) electrons. The molecule has 2 fully saturated rings. The Bertz CT molecular complexity index is 1570. The molecule has 0 unspecified atom stereocenters. The third-order valence-corrected chi connectivity index (χ3v) is 8.21. The summed E-state index contributed by atoms with van der Waals surface area (Å²) < 4.78 is 43.5. The maximum absolute atomic E-state index is 13.7. The van der Waals surface area contributed by atoms with Gasteiger partial charge in [-0.15, -0.1) is 0 Å². The predicted molar refractivity (Wildman–Crippen MR) is 145 cm³/mol. The summed E-state index contributed by atoms with van der Waals surface area (Å²) in [6.45, 7) is 3.44. The first-order chi connectivity index (χ1) is 19.8. The van der Waals surface area contributed by atoms with Crippen LogP contribution in [0.2, 0.25) is 0 Å². The van der Waals surface area contributed by atoms with E-state index in [9.17, 15) is 22.8 Å². The average Bonchev–Trinajstić information content (AvgIpc) is 3.28. The molecule has 12 heteroatoms. The predicted octanol–water partition coefficient (Wildman–Crippen LogP) is 4.07. The van der Waals surface area contributed by atoms with Crippen LogP contribution in [0, 0.1) is 5.92 Å². The average molecular weight is 566 g/mol. The van der Waals surface area contributed by atoms with Gasteiger partial charge in [-0.2, -0.15) is 23.4 Å². The molecule has 0 bridgehead atoms. The molecule has 0 aliphatic carbocycles. The zero-order valence-electron chi connectivity index (χ0n) is 22.4. The van der Waals surface area contributed by atoms with Gasteiger partial charge in [0.25, 0.3) is 0 Å². The van der Waals surface area contributed by atoms with Gasteiger partial charge in [0.05, 0.1) is 22.8 Å². The van der Waals surface area contributed by atoms with E-state index in [4.69, 9.17) is 0 Å². The minimum absolute atomic E-state index is 0.0343. The van der Waals surface area contributed by atoms with E-state index in [1.807, 2.05) is 11.0 Å². The summed E-state index contributed by atoms with van der Waals surface area (Å²) in [5.41, 5.74) is 0.433. The molecule has 1 amide bonds. The fourth-order valence-corrected chi connectivity index (χ4v) is 6.07. The number of carbonyl (C=O) groups is 1. The number of imidazole rings is 1. The number of pyridine rings is 1. The van der Waals surface area contributed by atoms with Gasteiger partial charge in [-0.25, -0.2) is 14.3 Å². The van der Waals surface area contributed by atoms with Crippen molar-refractivity contribution in [2.75, 3.05) is 26.2 Å². The Morgan fingerprint density at radius 3 is 2.34 bits per heavy atom. The number of hydrogen-bond donors (Lipinski definition) is 0. The number of rotatable bonds is 5. The highest BCUT2D eigenvalue weighted by Gasteiger charge is 2.34. The lowest BCUT2D eigenvalue weighted by atomic mass is 9.93. The van der Waals surface area contributed by atoms with Crippen molar-refractivity contribution in [1.82, 2.24) is 34.1 Å². The molecule has 5 heterocycles. The van der Waals surface area contributed by atoms with Crippen molar-refractivity contribution in [3.63, 3.8) is 0 Å². The number of hydrogen-bond acceptors (Lipinski definition) is 6. The Labute approximate surface area is 234 Å². The van der Waals surface area contributed by atoms with Crippen LogP contribution in [-0.2, 0) is 17.5 Å². The molecule has 0 spiro atoms. The number of halogens is 3. The van der Waals surface area contributed by atoms with Crippen LogP contribution >= 0.6 is 0 Å². The van der Waals surface area contributed by atoms with E-state index in [0.29, 0.717) is 31.4 Å². The van der Waals surface area contributed by atoms with E-state index in [1.54, 1.807) is 35.2 Å². The monoisotopic (exact) mass is 565 g/mol. The van der Waals surface area contributed by atoms with Gasteiger partial charge in [-0.1, -0.05) is 6.07 Å². The molecule has 3 aromatic heterocycles. The van der Waals surface area contributed by atoms with Crippen LogP contribution in [-0.4, -0.2) is 66.2 Å².